The molecule has 0 bridgehead atoms. The SMILES string of the molecule is CCOc1cc(C(c2c(O)cc(C)n(CCOC)c2=O)c2c(O)cc(C)n(CCOC)c2=O)ccc1O. The molecule has 0 spiro atoms. The van der Waals surface area contributed by atoms with E-state index in [4.69, 9.17) is 14.2 Å². The Bertz CT molecular complexity index is 1300. The second-order valence-electron chi connectivity index (χ2n) is 8.66. The number of phenols is 1. The molecule has 0 atom stereocenters. The topological polar surface area (TPSA) is 132 Å². The number of aromatic nitrogens is 2. The van der Waals surface area contributed by atoms with Crippen molar-refractivity contribution in [1.82, 2.24) is 9.13 Å². The summed E-state index contributed by atoms with van der Waals surface area (Å²) in [7, 11) is 3.03. The van der Waals surface area contributed by atoms with E-state index in [2.05, 4.69) is 0 Å². The van der Waals surface area contributed by atoms with Gasteiger partial charge in [0.1, 0.15) is 11.5 Å². The first-order valence-electron chi connectivity index (χ1n) is 12.0. The maximum atomic E-state index is 13.8. The van der Waals surface area contributed by atoms with E-state index in [0.717, 1.165) is 0 Å². The molecule has 0 radical (unpaired) electrons. The van der Waals surface area contributed by atoms with Crippen molar-refractivity contribution in [3.05, 3.63) is 79.1 Å². The maximum Gasteiger partial charge on any atom is 0.258 e. The summed E-state index contributed by atoms with van der Waals surface area (Å²) in [4.78, 5) is 27.6. The van der Waals surface area contributed by atoms with Gasteiger partial charge in [0.15, 0.2) is 11.5 Å². The minimum absolute atomic E-state index is 0.0932. The van der Waals surface area contributed by atoms with Gasteiger partial charge in [-0.1, -0.05) is 6.07 Å². The molecule has 10 nitrogen and oxygen atoms in total. The molecule has 0 unspecified atom stereocenters. The average Bonchev–Trinajstić information content (AvgIpc) is 2.84. The van der Waals surface area contributed by atoms with Crippen LogP contribution >= 0.6 is 0 Å². The van der Waals surface area contributed by atoms with Crippen LogP contribution in [0.3, 0.4) is 0 Å². The van der Waals surface area contributed by atoms with Crippen LogP contribution in [-0.4, -0.2) is 58.5 Å². The number of aryl methyl sites for hydroxylation is 2. The number of nitrogens with zero attached hydrogens (tertiary/aromatic N) is 2. The minimum Gasteiger partial charge on any atom is -0.507 e. The van der Waals surface area contributed by atoms with Crippen LogP contribution in [0.4, 0.5) is 0 Å². The fraction of sp³-hybridized carbons (Fsp3) is 0.407. The van der Waals surface area contributed by atoms with Crippen LogP contribution < -0.4 is 15.9 Å². The van der Waals surface area contributed by atoms with Gasteiger partial charge in [-0.15, -0.1) is 0 Å². The van der Waals surface area contributed by atoms with Crippen LogP contribution in [-0.2, 0) is 22.6 Å². The number of aromatic hydroxyl groups is 3. The first kappa shape index (κ1) is 27.8. The van der Waals surface area contributed by atoms with E-state index in [1.54, 1.807) is 20.8 Å². The molecule has 0 aliphatic rings. The quantitative estimate of drug-likeness (QED) is 0.356. The van der Waals surface area contributed by atoms with Gasteiger partial charge in [0, 0.05) is 38.7 Å². The summed E-state index contributed by atoms with van der Waals surface area (Å²) in [6.45, 7) is 6.34. The van der Waals surface area contributed by atoms with Gasteiger partial charge in [0.2, 0.25) is 0 Å². The monoisotopic (exact) mass is 514 g/mol. The van der Waals surface area contributed by atoms with Crippen LogP contribution in [0.1, 0.15) is 40.9 Å². The number of hydrogen-bond acceptors (Lipinski definition) is 8. The number of benzene rings is 1. The molecule has 0 saturated carbocycles. The Morgan fingerprint density at radius 3 is 1.70 bits per heavy atom. The van der Waals surface area contributed by atoms with Gasteiger partial charge in [-0.25, -0.2) is 0 Å². The Balaban J connectivity index is 2.42. The third-order valence-corrected chi connectivity index (χ3v) is 6.28. The van der Waals surface area contributed by atoms with Crippen molar-refractivity contribution in [1.29, 1.82) is 0 Å². The fourth-order valence-electron chi connectivity index (χ4n) is 4.46. The summed E-state index contributed by atoms with van der Waals surface area (Å²) < 4.78 is 18.7. The fourth-order valence-corrected chi connectivity index (χ4v) is 4.46. The second kappa shape index (κ2) is 12.0. The highest BCUT2D eigenvalue weighted by Crippen LogP contribution is 2.40. The Kier molecular flexibility index (Phi) is 9.01. The van der Waals surface area contributed by atoms with Crippen LogP contribution in [0.2, 0.25) is 0 Å². The number of rotatable bonds is 11. The van der Waals surface area contributed by atoms with Gasteiger partial charge in [0.25, 0.3) is 11.1 Å². The molecular formula is C27H34N2O8. The third-order valence-electron chi connectivity index (χ3n) is 6.28. The lowest BCUT2D eigenvalue weighted by molar-refractivity contribution is 0.185. The van der Waals surface area contributed by atoms with Gasteiger partial charge in [0.05, 0.1) is 36.9 Å². The zero-order valence-electron chi connectivity index (χ0n) is 21.8. The van der Waals surface area contributed by atoms with E-state index in [9.17, 15) is 24.9 Å². The van der Waals surface area contributed by atoms with Crippen LogP contribution in [0, 0.1) is 13.8 Å². The predicted molar refractivity (Wildman–Crippen MR) is 138 cm³/mol. The number of pyridine rings is 2. The van der Waals surface area contributed by atoms with Gasteiger partial charge in [-0.05, 0) is 50.6 Å². The summed E-state index contributed by atoms with van der Waals surface area (Å²) in [6.07, 6.45) is 0. The average molecular weight is 515 g/mol. The van der Waals surface area contributed by atoms with Crippen molar-refractivity contribution in [2.75, 3.05) is 34.0 Å². The molecule has 3 rings (SSSR count). The zero-order chi connectivity index (χ0) is 27.3. The van der Waals surface area contributed by atoms with Crippen molar-refractivity contribution in [3.63, 3.8) is 0 Å². The Morgan fingerprint density at radius 1 is 0.784 bits per heavy atom. The minimum atomic E-state index is -1.18. The Hall–Kier alpha value is -3.76. The molecule has 200 valence electrons. The highest BCUT2D eigenvalue weighted by molar-refractivity contribution is 5.55. The van der Waals surface area contributed by atoms with E-state index in [-0.39, 0.29) is 67.0 Å². The van der Waals surface area contributed by atoms with Crippen molar-refractivity contribution in [2.45, 2.75) is 39.8 Å². The van der Waals surface area contributed by atoms with Crippen LogP contribution in [0.5, 0.6) is 23.0 Å². The van der Waals surface area contributed by atoms with E-state index in [1.807, 2.05) is 0 Å². The lowest BCUT2D eigenvalue weighted by Gasteiger charge is -2.24. The molecular weight excluding hydrogens is 480 g/mol. The zero-order valence-corrected chi connectivity index (χ0v) is 21.8. The molecule has 2 heterocycles. The Morgan fingerprint density at radius 2 is 1.27 bits per heavy atom. The van der Waals surface area contributed by atoms with Crippen LogP contribution in [0.15, 0.2) is 39.9 Å². The molecule has 10 heteroatoms. The smallest absolute Gasteiger partial charge is 0.258 e. The normalized spacial score (nSPS) is 11.3. The van der Waals surface area contributed by atoms with Crippen molar-refractivity contribution in [3.8, 4) is 23.0 Å². The van der Waals surface area contributed by atoms with Crippen molar-refractivity contribution >= 4 is 0 Å². The molecule has 37 heavy (non-hydrogen) atoms. The molecule has 3 aromatic rings. The molecule has 1 aromatic carbocycles. The van der Waals surface area contributed by atoms with Gasteiger partial charge in [-0.2, -0.15) is 0 Å². The van der Waals surface area contributed by atoms with E-state index < -0.39 is 17.0 Å². The first-order valence-corrected chi connectivity index (χ1v) is 12.0. The summed E-state index contributed by atoms with van der Waals surface area (Å²) in [5, 5.41) is 32.4. The summed E-state index contributed by atoms with van der Waals surface area (Å²) in [5.74, 6) is -1.81. The van der Waals surface area contributed by atoms with Crippen molar-refractivity contribution < 1.29 is 29.5 Å². The molecule has 3 N–H and O–H groups in total. The summed E-state index contributed by atoms with van der Waals surface area (Å²) in [6, 6.07) is 7.30. The standard InChI is InChI=1S/C27H34N2O8/c1-6-37-22-15-18(7-8-19(22)30)23(24-20(31)13-16(2)28(26(24)33)9-11-35-4)25-21(32)14-17(3)29(27(25)34)10-12-36-5/h7-8,13-15,23,30-32H,6,9-12H2,1-5H3. The highest BCUT2D eigenvalue weighted by Gasteiger charge is 2.31. The molecule has 0 fully saturated rings. The van der Waals surface area contributed by atoms with Crippen molar-refractivity contribution in [2.24, 2.45) is 0 Å². The van der Waals surface area contributed by atoms with E-state index >= 15 is 0 Å². The van der Waals surface area contributed by atoms with E-state index in [0.29, 0.717) is 17.0 Å². The van der Waals surface area contributed by atoms with Crippen LogP contribution in [0.25, 0.3) is 0 Å². The molecule has 0 saturated heterocycles. The highest BCUT2D eigenvalue weighted by atomic mass is 16.5. The largest absolute Gasteiger partial charge is 0.507 e. The van der Waals surface area contributed by atoms with Gasteiger partial charge < -0.3 is 38.7 Å². The van der Waals surface area contributed by atoms with Gasteiger partial charge >= 0.3 is 0 Å². The number of methoxy groups -OCH3 is 2. The number of phenolic OH excluding ortho intramolecular Hbond substituents is 1. The molecule has 0 aliphatic carbocycles. The lowest BCUT2D eigenvalue weighted by atomic mass is 9.84. The lowest BCUT2D eigenvalue weighted by Crippen LogP contribution is -2.33. The number of hydrogen-bond donors (Lipinski definition) is 3. The predicted octanol–water partition coefficient (Wildman–Crippen LogP) is 2.62. The molecule has 0 aliphatic heterocycles. The number of ether oxygens (including phenoxy) is 3. The van der Waals surface area contributed by atoms with Gasteiger partial charge in [-0.3, -0.25) is 9.59 Å². The van der Waals surface area contributed by atoms with E-state index in [1.165, 1.54) is 53.7 Å². The summed E-state index contributed by atoms with van der Waals surface area (Å²) >= 11 is 0. The molecule has 0 amide bonds. The summed E-state index contributed by atoms with van der Waals surface area (Å²) in [5.41, 5.74) is 0.128. The third kappa shape index (κ3) is 5.65. The maximum absolute atomic E-state index is 13.8. The first-order chi connectivity index (χ1) is 17.7. The molecule has 2 aromatic heterocycles. The second-order valence-corrected chi connectivity index (χ2v) is 8.66. The Labute approximate surface area is 214 Å².